The second kappa shape index (κ2) is 14.3. The lowest BCUT2D eigenvalue weighted by Crippen LogP contribution is -2.35. The Hall–Kier alpha value is -0.610. The number of ether oxygens (including phenoxy) is 1. The fourth-order valence-corrected chi connectivity index (χ4v) is 2.38. The molecule has 0 saturated carbocycles. The SMILES string of the molecule is CCCCCCCCCCCC[C@@H](O)[C@H](O)C(=O)OCC. The number of aliphatic hydroxyl groups excluding tert-OH is 2. The molecule has 0 amide bonds. The first-order valence-corrected chi connectivity index (χ1v) is 8.66. The van der Waals surface area contributed by atoms with Gasteiger partial charge in [0.05, 0.1) is 12.7 Å². The van der Waals surface area contributed by atoms with Gasteiger partial charge in [-0.2, -0.15) is 0 Å². The summed E-state index contributed by atoms with van der Waals surface area (Å²) in [4.78, 5) is 11.2. The summed E-state index contributed by atoms with van der Waals surface area (Å²) in [7, 11) is 0. The predicted molar refractivity (Wildman–Crippen MR) is 85.1 cm³/mol. The van der Waals surface area contributed by atoms with E-state index < -0.39 is 18.2 Å². The van der Waals surface area contributed by atoms with Crippen LogP contribution in [0.25, 0.3) is 0 Å². The van der Waals surface area contributed by atoms with Crippen molar-refractivity contribution in [2.24, 2.45) is 0 Å². The van der Waals surface area contributed by atoms with E-state index in [9.17, 15) is 15.0 Å². The van der Waals surface area contributed by atoms with Gasteiger partial charge in [0.15, 0.2) is 6.10 Å². The molecule has 4 heteroatoms. The Labute approximate surface area is 129 Å². The molecule has 0 saturated heterocycles. The number of rotatable bonds is 14. The maximum absolute atomic E-state index is 11.2. The Bertz CT molecular complexity index is 243. The maximum atomic E-state index is 11.2. The van der Waals surface area contributed by atoms with Gasteiger partial charge >= 0.3 is 5.97 Å². The highest BCUT2D eigenvalue weighted by Crippen LogP contribution is 2.13. The van der Waals surface area contributed by atoms with E-state index in [-0.39, 0.29) is 6.61 Å². The molecule has 0 spiro atoms. The zero-order valence-electron chi connectivity index (χ0n) is 13.9. The van der Waals surface area contributed by atoms with Crippen LogP contribution in [0.4, 0.5) is 0 Å². The second-order valence-electron chi connectivity index (χ2n) is 5.73. The van der Waals surface area contributed by atoms with Gasteiger partial charge in [0.25, 0.3) is 0 Å². The van der Waals surface area contributed by atoms with E-state index >= 15 is 0 Å². The number of hydrogen-bond donors (Lipinski definition) is 2. The number of carbonyl (C=O) groups excluding carboxylic acids is 1. The Kier molecular flexibility index (Phi) is 13.9. The summed E-state index contributed by atoms with van der Waals surface area (Å²) in [5.74, 6) is -0.725. The molecule has 2 N–H and O–H groups in total. The zero-order valence-corrected chi connectivity index (χ0v) is 13.9. The number of carbonyl (C=O) groups is 1. The van der Waals surface area contributed by atoms with Crippen LogP contribution in [0.3, 0.4) is 0 Å². The minimum Gasteiger partial charge on any atom is -0.464 e. The van der Waals surface area contributed by atoms with Crippen molar-refractivity contribution in [3.8, 4) is 0 Å². The maximum Gasteiger partial charge on any atom is 0.337 e. The summed E-state index contributed by atoms with van der Waals surface area (Å²) < 4.78 is 4.68. The van der Waals surface area contributed by atoms with Crippen LogP contribution in [0, 0.1) is 0 Å². The third-order valence-corrected chi connectivity index (χ3v) is 3.75. The molecule has 0 radical (unpaired) electrons. The smallest absolute Gasteiger partial charge is 0.337 e. The van der Waals surface area contributed by atoms with E-state index in [1.807, 2.05) is 0 Å². The number of aliphatic hydroxyl groups is 2. The van der Waals surface area contributed by atoms with Gasteiger partial charge in [-0.1, -0.05) is 71.1 Å². The molecule has 0 aromatic carbocycles. The van der Waals surface area contributed by atoms with Gasteiger partial charge in [-0.05, 0) is 13.3 Å². The first kappa shape index (κ1) is 20.4. The van der Waals surface area contributed by atoms with E-state index in [0.717, 1.165) is 19.3 Å². The standard InChI is InChI=1S/C17H34O4/c1-3-5-6-7-8-9-10-11-12-13-14-15(18)16(19)17(20)21-4-2/h15-16,18-19H,3-14H2,1-2H3/t15-,16+/m1/s1. The fourth-order valence-electron chi connectivity index (χ4n) is 2.38. The molecule has 0 bridgehead atoms. The first-order valence-electron chi connectivity index (χ1n) is 8.66. The molecule has 0 rings (SSSR count). The van der Waals surface area contributed by atoms with Crippen molar-refractivity contribution in [3.63, 3.8) is 0 Å². The third kappa shape index (κ3) is 11.7. The molecule has 0 aromatic heterocycles. The summed E-state index contributed by atoms with van der Waals surface area (Å²) in [5, 5.41) is 19.2. The van der Waals surface area contributed by atoms with Crippen LogP contribution in [0.15, 0.2) is 0 Å². The molecule has 0 aliphatic carbocycles. The van der Waals surface area contributed by atoms with E-state index in [1.165, 1.54) is 44.9 Å². The van der Waals surface area contributed by atoms with Crippen LogP contribution in [-0.2, 0) is 9.53 Å². The van der Waals surface area contributed by atoms with Crippen LogP contribution >= 0.6 is 0 Å². The van der Waals surface area contributed by atoms with Crippen LogP contribution in [0.5, 0.6) is 0 Å². The van der Waals surface area contributed by atoms with Crippen LogP contribution in [0.1, 0.15) is 84.5 Å². The zero-order chi connectivity index (χ0) is 15.9. The van der Waals surface area contributed by atoms with Crippen molar-refractivity contribution in [2.45, 2.75) is 96.7 Å². The van der Waals surface area contributed by atoms with Crippen molar-refractivity contribution < 1.29 is 19.7 Å². The van der Waals surface area contributed by atoms with Crippen LogP contribution < -0.4 is 0 Å². The van der Waals surface area contributed by atoms with Crippen LogP contribution in [0.2, 0.25) is 0 Å². The Morgan fingerprint density at radius 2 is 1.33 bits per heavy atom. The van der Waals surface area contributed by atoms with Crippen molar-refractivity contribution in [3.05, 3.63) is 0 Å². The molecule has 0 aliphatic rings. The van der Waals surface area contributed by atoms with Crippen molar-refractivity contribution in [1.29, 1.82) is 0 Å². The molecule has 0 aliphatic heterocycles. The normalized spacial score (nSPS) is 13.9. The highest BCUT2D eigenvalue weighted by molar-refractivity contribution is 5.75. The summed E-state index contributed by atoms with van der Waals surface area (Å²) in [6.07, 6.45) is 10.3. The molecule has 126 valence electrons. The predicted octanol–water partition coefficient (Wildman–Crippen LogP) is 3.58. The average molecular weight is 302 g/mol. The number of esters is 1. The van der Waals surface area contributed by atoms with Gasteiger partial charge in [0, 0.05) is 0 Å². The van der Waals surface area contributed by atoms with Crippen molar-refractivity contribution >= 4 is 5.97 Å². The highest BCUT2D eigenvalue weighted by atomic mass is 16.5. The quantitative estimate of drug-likeness (QED) is 0.380. The lowest BCUT2D eigenvalue weighted by Gasteiger charge is -2.16. The lowest BCUT2D eigenvalue weighted by molar-refractivity contribution is -0.159. The average Bonchev–Trinajstić information content (AvgIpc) is 2.48. The third-order valence-electron chi connectivity index (χ3n) is 3.75. The van der Waals surface area contributed by atoms with Gasteiger partial charge in [-0.15, -0.1) is 0 Å². The van der Waals surface area contributed by atoms with Crippen LogP contribution in [-0.4, -0.2) is 35.0 Å². The van der Waals surface area contributed by atoms with Gasteiger partial charge in [0.2, 0.25) is 0 Å². The van der Waals surface area contributed by atoms with Gasteiger partial charge in [-0.25, -0.2) is 4.79 Å². The van der Waals surface area contributed by atoms with Gasteiger partial charge in [0.1, 0.15) is 0 Å². The largest absolute Gasteiger partial charge is 0.464 e. The first-order chi connectivity index (χ1) is 10.1. The Balaban J connectivity index is 3.39. The summed E-state index contributed by atoms with van der Waals surface area (Å²) in [6.45, 7) is 4.13. The molecule has 0 heterocycles. The molecule has 21 heavy (non-hydrogen) atoms. The van der Waals surface area contributed by atoms with Gasteiger partial charge in [-0.3, -0.25) is 0 Å². The molecule has 0 unspecified atom stereocenters. The molecule has 0 aromatic rings. The fraction of sp³-hybridized carbons (Fsp3) is 0.941. The van der Waals surface area contributed by atoms with Crippen molar-refractivity contribution in [1.82, 2.24) is 0 Å². The van der Waals surface area contributed by atoms with Gasteiger partial charge < -0.3 is 14.9 Å². The minimum absolute atomic E-state index is 0.223. The summed E-state index contributed by atoms with van der Waals surface area (Å²) in [5.41, 5.74) is 0. The monoisotopic (exact) mass is 302 g/mol. The second-order valence-corrected chi connectivity index (χ2v) is 5.73. The Morgan fingerprint density at radius 1 is 0.857 bits per heavy atom. The molecular weight excluding hydrogens is 268 g/mol. The minimum atomic E-state index is -1.40. The molecule has 0 fully saturated rings. The summed E-state index contributed by atoms with van der Waals surface area (Å²) in [6, 6.07) is 0. The molecular formula is C17H34O4. The highest BCUT2D eigenvalue weighted by Gasteiger charge is 2.24. The Morgan fingerprint density at radius 3 is 1.81 bits per heavy atom. The summed E-state index contributed by atoms with van der Waals surface area (Å²) >= 11 is 0. The number of hydrogen-bond acceptors (Lipinski definition) is 4. The number of unbranched alkanes of at least 4 members (excludes halogenated alkanes) is 9. The van der Waals surface area contributed by atoms with Crippen molar-refractivity contribution in [2.75, 3.05) is 6.61 Å². The lowest BCUT2D eigenvalue weighted by atomic mass is 10.0. The topological polar surface area (TPSA) is 66.8 Å². The van der Waals surface area contributed by atoms with E-state index in [1.54, 1.807) is 6.92 Å². The van der Waals surface area contributed by atoms with E-state index in [4.69, 9.17) is 0 Å². The molecule has 2 atom stereocenters. The molecule has 4 nitrogen and oxygen atoms in total. The van der Waals surface area contributed by atoms with E-state index in [2.05, 4.69) is 11.7 Å². The van der Waals surface area contributed by atoms with E-state index in [0.29, 0.717) is 6.42 Å².